The molecule has 0 aliphatic rings. The second kappa shape index (κ2) is 6.74. The van der Waals surface area contributed by atoms with Crippen molar-refractivity contribution in [1.29, 1.82) is 0 Å². The zero-order valence-electron chi connectivity index (χ0n) is 9.99. The molecule has 0 spiro atoms. The Morgan fingerprint density at radius 3 is 2.19 bits per heavy atom. The molecule has 0 aliphatic carbocycles. The SMILES string of the molecule is COc1c(C)cc([C@H](N)CCO)cc1C.Cl. The Labute approximate surface area is 103 Å². The van der Waals surface area contributed by atoms with Gasteiger partial charge in [0.2, 0.25) is 0 Å². The van der Waals surface area contributed by atoms with Crippen LogP contribution in [0, 0.1) is 13.8 Å². The van der Waals surface area contributed by atoms with E-state index in [2.05, 4.69) is 0 Å². The molecule has 1 aromatic carbocycles. The topological polar surface area (TPSA) is 55.5 Å². The number of hydrogen-bond donors (Lipinski definition) is 2. The van der Waals surface area contributed by atoms with Crippen molar-refractivity contribution in [1.82, 2.24) is 0 Å². The van der Waals surface area contributed by atoms with E-state index in [1.54, 1.807) is 7.11 Å². The summed E-state index contributed by atoms with van der Waals surface area (Å²) in [5.74, 6) is 0.912. The van der Waals surface area contributed by atoms with Gasteiger partial charge in [-0.05, 0) is 37.0 Å². The zero-order valence-corrected chi connectivity index (χ0v) is 10.8. The van der Waals surface area contributed by atoms with Crippen LogP contribution in [0.1, 0.15) is 29.2 Å². The highest BCUT2D eigenvalue weighted by atomic mass is 35.5. The zero-order chi connectivity index (χ0) is 11.4. The molecule has 0 heterocycles. The van der Waals surface area contributed by atoms with Crippen LogP contribution in [0.3, 0.4) is 0 Å². The summed E-state index contributed by atoms with van der Waals surface area (Å²) in [7, 11) is 1.67. The molecular weight excluding hydrogens is 226 g/mol. The Balaban J connectivity index is 0.00000225. The van der Waals surface area contributed by atoms with Gasteiger partial charge in [0, 0.05) is 12.6 Å². The van der Waals surface area contributed by atoms with Crippen molar-refractivity contribution in [2.45, 2.75) is 26.3 Å². The van der Waals surface area contributed by atoms with Gasteiger partial charge in [0.05, 0.1) is 7.11 Å². The normalized spacial score (nSPS) is 11.8. The fraction of sp³-hybridized carbons (Fsp3) is 0.500. The van der Waals surface area contributed by atoms with Crippen LogP contribution in [-0.2, 0) is 0 Å². The fourth-order valence-corrected chi connectivity index (χ4v) is 1.83. The van der Waals surface area contributed by atoms with Crippen molar-refractivity contribution in [3.63, 3.8) is 0 Å². The number of methoxy groups -OCH3 is 1. The minimum Gasteiger partial charge on any atom is -0.496 e. The predicted molar refractivity (Wildman–Crippen MR) is 68.3 cm³/mol. The van der Waals surface area contributed by atoms with Gasteiger partial charge in [-0.15, -0.1) is 12.4 Å². The third-order valence-electron chi connectivity index (χ3n) is 2.56. The van der Waals surface area contributed by atoms with E-state index in [4.69, 9.17) is 15.6 Å². The summed E-state index contributed by atoms with van der Waals surface area (Å²) in [6, 6.07) is 3.94. The third kappa shape index (κ3) is 3.37. The number of rotatable bonds is 4. The quantitative estimate of drug-likeness (QED) is 0.854. The number of aliphatic hydroxyl groups excluding tert-OH is 1. The number of aryl methyl sites for hydroxylation is 2. The first-order valence-electron chi connectivity index (χ1n) is 5.11. The minimum absolute atomic E-state index is 0. The van der Waals surface area contributed by atoms with Crippen LogP contribution in [0.15, 0.2) is 12.1 Å². The van der Waals surface area contributed by atoms with Crippen LogP contribution in [0.4, 0.5) is 0 Å². The maximum absolute atomic E-state index is 8.83. The van der Waals surface area contributed by atoms with Crippen LogP contribution < -0.4 is 10.5 Å². The van der Waals surface area contributed by atoms with E-state index in [1.807, 2.05) is 26.0 Å². The molecule has 0 aliphatic heterocycles. The average molecular weight is 246 g/mol. The lowest BCUT2D eigenvalue weighted by Crippen LogP contribution is -2.12. The molecule has 1 atom stereocenters. The standard InChI is InChI=1S/C12H19NO2.ClH/c1-8-6-10(11(13)4-5-14)7-9(2)12(8)15-3;/h6-7,11,14H,4-5,13H2,1-3H3;1H/t11-;/m1./s1. The molecule has 0 bridgehead atoms. The first kappa shape index (κ1) is 15.2. The molecule has 1 aromatic rings. The molecule has 16 heavy (non-hydrogen) atoms. The molecule has 3 nitrogen and oxygen atoms in total. The summed E-state index contributed by atoms with van der Waals surface area (Å²) < 4.78 is 5.28. The molecule has 0 amide bonds. The average Bonchev–Trinajstić information content (AvgIpc) is 2.17. The minimum atomic E-state index is -0.0988. The van der Waals surface area contributed by atoms with Crippen molar-refractivity contribution in [3.05, 3.63) is 28.8 Å². The molecule has 0 aromatic heterocycles. The summed E-state index contributed by atoms with van der Waals surface area (Å²) in [6.45, 7) is 4.12. The molecule has 3 N–H and O–H groups in total. The highest BCUT2D eigenvalue weighted by Gasteiger charge is 2.10. The van der Waals surface area contributed by atoms with Crippen molar-refractivity contribution in [2.75, 3.05) is 13.7 Å². The van der Waals surface area contributed by atoms with E-state index in [-0.39, 0.29) is 25.1 Å². The molecule has 0 saturated heterocycles. The molecule has 92 valence electrons. The summed E-state index contributed by atoms with van der Waals surface area (Å²) >= 11 is 0. The Bertz CT molecular complexity index is 319. The smallest absolute Gasteiger partial charge is 0.124 e. The molecule has 0 fully saturated rings. The van der Waals surface area contributed by atoms with Gasteiger partial charge >= 0.3 is 0 Å². The van der Waals surface area contributed by atoms with Gasteiger partial charge in [0.15, 0.2) is 0 Å². The number of halogens is 1. The van der Waals surface area contributed by atoms with Crippen LogP contribution in [-0.4, -0.2) is 18.8 Å². The second-order valence-corrected chi connectivity index (χ2v) is 3.81. The van der Waals surface area contributed by atoms with Gasteiger partial charge in [-0.1, -0.05) is 12.1 Å². The van der Waals surface area contributed by atoms with Gasteiger partial charge in [-0.2, -0.15) is 0 Å². The molecule has 0 unspecified atom stereocenters. The van der Waals surface area contributed by atoms with Crippen molar-refractivity contribution in [3.8, 4) is 5.75 Å². The van der Waals surface area contributed by atoms with Crippen LogP contribution in [0.25, 0.3) is 0 Å². The van der Waals surface area contributed by atoms with Gasteiger partial charge in [0.1, 0.15) is 5.75 Å². The highest BCUT2D eigenvalue weighted by molar-refractivity contribution is 5.85. The van der Waals surface area contributed by atoms with E-state index in [0.29, 0.717) is 6.42 Å². The number of aliphatic hydroxyl groups is 1. The third-order valence-corrected chi connectivity index (χ3v) is 2.56. The van der Waals surface area contributed by atoms with Gasteiger partial charge < -0.3 is 15.6 Å². The molecular formula is C12H20ClNO2. The number of hydrogen-bond acceptors (Lipinski definition) is 3. The number of ether oxygens (including phenoxy) is 1. The van der Waals surface area contributed by atoms with Crippen molar-refractivity contribution in [2.24, 2.45) is 5.73 Å². The molecule has 0 radical (unpaired) electrons. The van der Waals surface area contributed by atoms with E-state index in [1.165, 1.54) is 0 Å². The maximum Gasteiger partial charge on any atom is 0.124 e. The monoisotopic (exact) mass is 245 g/mol. The summed E-state index contributed by atoms with van der Waals surface area (Å²) in [5.41, 5.74) is 9.16. The summed E-state index contributed by atoms with van der Waals surface area (Å²) in [5, 5.41) is 8.83. The Kier molecular flexibility index (Phi) is 6.41. The van der Waals surface area contributed by atoms with Crippen LogP contribution >= 0.6 is 12.4 Å². The van der Waals surface area contributed by atoms with Crippen LogP contribution in [0.2, 0.25) is 0 Å². The fourth-order valence-electron chi connectivity index (χ4n) is 1.83. The second-order valence-electron chi connectivity index (χ2n) is 3.81. The lowest BCUT2D eigenvalue weighted by atomic mass is 9.99. The highest BCUT2D eigenvalue weighted by Crippen LogP contribution is 2.27. The van der Waals surface area contributed by atoms with Crippen molar-refractivity contribution >= 4 is 12.4 Å². The Morgan fingerprint density at radius 2 is 1.81 bits per heavy atom. The number of benzene rings is 1. The van der Waals surface area contributed by atoms with Crippen LogP contribution in [0.5, 0.6) is 5.75 Å². The Morgan fingerprint density at radius 1 is 1.31 bits per heavy atom. The van der Waals surface area contributed by atoms with Gasteiger partial charge in [0.25, 0.3) is 0 Å². The molecule has 0 saturated carbocycles. The van der Waals surface area contributed by atoms with E-state index >= 15 is 0 Å². The molecule has 4 heteroatoms. The van der Waals surface area contributed by atoms with E-state index in [0.717, 1.165) is 22.4 Å². The largest absolute Gasteiger partial charge is 0.496 e. The lowest BCUT2D eigenvalue weighted by Gasteiger charge is -2.15. The number of nitrogens with two attached hydrogens (primary N) is 1. The molecule has 1 rings (SSSR count). The van der Waals surface area contributed by atoms with Gasteiger partial charge in [-0.3, -0.25) is 0 Å². The van der Waals surface area contributed by atoms with Crippen molar-refractivity contribution < 1.29 is 9.84 Å². The lowest BCUT2D eigenvalue weighted by molar-refractivity contribution is 0.276. The summed E-state index contributed by atoms with van der Waals surface area (Å²) in [4.78, 5) is 0. The van der Waals surface area contributed by atoms with E-state index in [9.17, 15) is 0 Å². The van der Waals surface area contributed by atoms with E-state index < -0.39 is 0 Å². The Hall–Kier alpha value is -0.770. The summed E-state index contributed by atoms with van der Waals surface area (Å²) in [6.07, 6.45) is 0.589. The predicted octanol–water partition coefficient (Wildman–Crippen LogP) is 2.12. The van der Waals surface area contributed by atoms with Gasteiger partial charge in [-0.25, -0.2) is 0 Å². The first-order chi connectivity index (χ1) is 7.10. The first-order valence-corrected chi connectivity index (χ1v) is 5.11. The maximum atomic E-state index is 8.83.